The molecule has 0 radical (unpaired) electrons. The second kappa shape index (κ2) is 9.37. The van der Waals surface area contributed by atoms with E-state index in [1.807, 2.05) is 13.8 Å². The van der Waals surface area contributed by atoms with Crippen molar-refractivity contribution >= 4 is 34.9 Å². The van der Waals surface area contributed by atoms with Crippen LogP contribution in [0, 0.1) is 13.8 Å². The lowest BCUT2D eigenvalue weighted by molar-refractivity contribution is -0.155. The summed E-state index contributed by atoms with van der Waals surface area (Å²) < 4.78 is 10.6. The highest BCUT2D eigenvalue weighted by molar-refractivity contribution is 6.30. The van der Waals surface area contributed by atoms with Crippen LogP contribution in [0.2, 0.25) is 5.02 Å². The number of Topliss-reactive ketones (excluding diaryl/α,β-unsaturated/α-hetero) is 1. The molecule has 0 fully saturated rings. The number of carbonyl (C=O) groups excluding carboxylic acids is 3. The van der Waals surface area contributed by atoms with Crippen LogP contribution < -0.4 is 10.1 Å². The number of aryl methyl sites for hydroxylation is 2. The van der Waals surface area contributed by atoms with Crippen LogP contribution >= 0.6 is 11.6 Å². The number of ether oxygens (including phenoxy) is 2. The molecule has 0 aliphatic heterocycles. The third kappa shape index (κ3) is 5.82. The van der Waals surface area contributed by atoms with Crippen molar-refractivity contribution in [1.82, 2.24) is 0 Å². The number of benzene rings is 2. The van der Waals surface area contributed by atoms with Gasteiger partial charge in [0.2, 0.25) is 0 Å². The number of halogens is 1. The number of ketones is 1. The van der Waals surface area contributed by atoms with E-state index in [1.54, 1.807) is 36.4 Å². The number of rotatable bonds is 7. The van der Waals surface area contributed by atoms with Gasteiger partial charge in [-0.2, -0.15) is 0 Å². The Hall–Kier alpha value is -2.86. The molecule has 0 saturated heterocycles. The fourth-order valence-electron chi connectivity index (χ4n) is 2.57. The summed E-state index contributed by atoms with van der Waals surface area (Å²) in [5.74, 6) is -0.651. The Morgan fingerprint density at radius 1 is 1.07 bits per heavy atom. The third-order valence-electron chi connectivity index (χ3n) is 4.00. The number of anilines is 1. The predicted molar refractivity (Wildman–Crippen MR) is 107 cm³/mol. The zero-order valence-corrected chi connectivity index (χ0v) is 16.9. The summed E-state index contributed by atoms with van der Waals surface area (Å²) in [5.41, 5.74) is 2.65. The molecule has 0 bridgehead atoms. The minimum absolute atomic E-state index is 0.0636. The normalized spacial score (nSPS) is 11.5. The molecule has 0 aromatic heterocycles. The third-order valence-corrected chi connectivity index (χ3v) is 4.21. The van der Waals surface area contributed by atoms with Crippen molar-refractivity contribution in [1.29, 1.82) is 0 Å². The molecule has 2 aromatic carbocycles. The number of amides is 1. The van der Waals surface area contributed by atoms with Gasteiger partial charge in [0.25, 0.3) is 5.91 Å². The highest BCUT2D eigenvalue weighted by atomic mass is 35.5. The lowest BCUT2D eigenvalue weighted by atomic mass is 10.1. The fourth-order valence-corrected chi connectivity index (χ4v) is 2.90. The highest BCUT2D eigenvalue weighted by Crippen LogP contribution is 2.27. The topological polar surface area (TPSA) is 81.7 Å². The first-order valence-corrected chi connectivity index (χ1v) is 9.06. The van der Waals surface area contributed by atoms with Crippen molar-refractivity contribution in [3.8, 4) is 5.75 Å². The lowest BCUT2D eigenvalue weighted by Gasteiger charge is -2.15. The fraction of sp³-hybridized carbons (Fsp3) is 0.286. The zero-order valence-electron chi connectivity index (χ0n) is 16.2. The molecule has 0 aliphatic rings. The summed E-state index contributed by atoms with van der Waals surface area (Å²) in [6.07, 6.45) is -1.00. The van der Waals surface area contributed by atoms with E-state index < -0.39 is 18.0 Å². The molecule has 1 atom stereocenters. The molecule has 28 heavy (non-hydrogen) atoms. The van der Waals surface area contributed by atoms with Crippen molar-refractivity contribution in [2.24, 2.45) is 0 Å². The van der Waals surface area contributed by atoms with E-state index in [4.69, 9.17) is 21.1 Å². The van der Waals surface area contributed by atoms with E-state index in [-0.39, 0.29) is 12.4 Å². The molecular formula is C21H22ClNO5. The molecule has 2 rings (SSSR count). The van der Waals surface area contributed by atoms with Gasteiger partial charge < -0.3 is 14.8 Å². The summed E-state index contributed by atoms with van der Waals surface area (Å²) in [5, 5.41) is 3.22. The SMILES string of the molecule is CC(=O)c1ccc(NC(=O)[C@H](C)OC(=O)COc2c(C)cc(Cl)cc2C)cc1. The number of hydrogen-bond acceptors (Lipinski definition) is 5. The lowest BCUT2D eigenvalue weighted by Crippen LogP contribution is -2.31. The van der Waals surface area contributed by atoms with E-state index in [0.29, 0.717) is 22.0 Å². The van der Waals surface area contributed by atoms with Gasteiger partial charge in [-0.1, -0.05) is 11.6 Å². The van der Waals surface area contributed by atoms with Crippen LogP contribution in [0.3, 0.4) is 0 Å². The molecular weight excluding hydrogens is 382 g/mol. The van der Waals surface area contributed by atoms with E-state index in [0.717, 1.165) is 11.1 Å². The molecule has 6 nitrogen and oxygen atoms in total. The molecule has 148 valence electrons. The molecule has 0 unspecified atom stereocenters. The summed E-state index contributed by atoms with van der Waals surface area (Å²) in [4.78, 5) is 35.4. The molecule has 0 spiro atoms. The summed E-state index contributed by atoms with van der Waals surface area (Å²) in [6.45, 7) is 6.26. The second-order valence-corrected chi connectivity index (χ2v) is 6.85. The van der Waals surface area contributed by atoms with Crippen LogP contribution in [0.15, 0.2) is 36.4 Å². The predicted octanol–water partition coefficient (Wildman–Crippen LogP) is 4.11. The van der Waals surface area contributed by atoms with Crippen molar-refractivity contribution in [2.75, 3.05) is 11.9 Å². The molecule has 1 amide bonds. The first-order chi connectivity index (χ1) is 13.2. The molecule has 0 aliphatic carbocycles. The zero-order chi connectivity index (χ0) is 20.8. The first kappa shape index (κ1) is 21.4. The molecule has 7 heteroatoms. The maximum atomic E-state index is 12.2. The largest absolute Gasteiger partial charge is 0.481 e. The van der Waals surface area contributed by atoms with Crippen LogP contribution in [0.25, 0.3) is 0 Å². The summed E-state index contributed by atoms with van der Waals surface area (Å²) in [6, 6.07) is 9.92. The quantitative estimate of drug-likeness (QED) is 0.555. The van der Waals surface area contributed by atoms with E-state index >= 15 is 0 Å². The monoisotopic (exact) mass is 403 g/mol. The van der Waals surface area contributed by atoms with Gasteiger partial charge in [-0.25, -0.2) is 4.79 Å². The Balaban J connectivity index is 1.87. The van der Waals surface area contributed by atoms with Crippen LogP contribution in [-0.4, -0.2) is 30.4 Å². The van der Waals surface area contributed by atoms with Gasteiger partial charge in [0.15, 0.2) is 18.5 Å². The van der Waals surface area contributed by atoms with Crippen LogP contribution in [-0.2, 0) is 14.3 Å². The van der Waals surface area contributed by atoms with Crippen LogP contribution in [0.1, 0.15) is 35.3 Å². The standard InChI is InChI=1S/C21H22ClNO5/c1-12-9-17(22)10-13(2)20(12)27-11-19(25)28-15(4)21(26)23-18-7-5-16(6-8-18)14(3)24/h5-10,15H,11H2,1-4H3,(H,23,26)/t15-/m0/s1. The van der Waals surface area contributed by atoms with Gasteiger partial charge in [-0.3, -0.25) is 9.59 Å². The number of carbonyl (C=O) groups is 3. The Labute approximate surface area is 168 Å². The summed E-state index contributed by atoms with van der Waals surface area (Å²) in [7, 11) is 0. The van der Waals surface area contributed by atoms with Crippen LogP contribution in [0.5, 0.6) is 5.75 Å². The molecule has 0 saturated carbocycles. The van der Waals surface area contributed by atoms with Gasteiger partial charge in [-0.05, 0) is 75.2 Å². The van der Waals surface area contributed by atoms with Crippen molar-refractivity contribution in [3.63, 3.8) is 0 Å². The van der Waals surface area contributed by atoms with E-state index in [2.05, 4.69) is 5.32 Å². The summed E-state index contributed by atoms with van der Waals surface area (Å²) >= 11 is 5.97. The van der Waals surface area contributed by atoms with Gasteiger partial charge >= 0.3 is 5.97 Å². The average molecular weight is 404 g/mol. The smallest absolute Gasteiger partial charge is 0.344 e. The Morgan fingerprint density at radius 2 is 1.64 bits per heavy atom. The molecule has 2 aromatic rings. The van der Waals surface area contributed by atoms with Gasteiger partial charge in [0.05, 0.1) is 0 Å². The van der Waals surface area contributed by atoms with Gasteiger partial charge in [0, 0.05) is 16.3 Å². The number of nitrogens with one attached hydrogen (secondary N) is 1. The maximum Gasteiger partial charge on any atom is 0.344 e. The number of esters is 1. The van der Waals surface area contributed by atoms with Gasteiger partial charge in [0.1, 0.15) is 5.75 Å². The maximum absolute atomic E-state index is 12.2. The van der Waals surface area contributed by atoms with Crippen LogP contribution in [0.4, 0.5) is 5.69 Å². The Kier molecular flexibility index (Phi) is 7.18. The average Bonchev–Trinajstić information content (AvgIpc) is 2.61. The van der Waals surface area contributed by atoms with E-state index in [9.17, 15) is 14.4 Å². The minimum Gasteiger partial charge on any atom is -0.481 e. The Bertz CT molecular complexity index is 869. The Morgan fingerprint density at radius 3 is 2.18 bits per heavy atom. The molecule has 1 N–H and O–H groups in total. The first-order valence-electron chi connectivity index (χ1n) is 8.68. The van der Waals surface area contributed by atoms with E-state index in [1.165, 1.54) is 13.8 Å². The van der Waals surface area contributed by atoms with Gasteiger partial charge in [-0.15, -0.1) is 0 Å². The van der Waals surface area contributed by atoms with Crippen molar-refractivity contribution in [2.45, 2.75) is 33.8 Å². The van der Waals surface area contributed by atoms with Crippen molar-refractivity contribution in [3.05, 3.63) is 58.1 Å². The molecule has 0 heterocycles. The number of hydrogen-bond donors (Lipinski definition) is 1. The second-order valence-electron chi connectivity index (χ2n) is 6.41. The van der Waals surface area contributed by atoms with Crippen molar-refractivity contribution < 1.29 is 23.9 Å². The minimum atomic E-state index is -1.00. The highest BCUT2D eigenvalue weighted by Gasteiger charge is 2.19.